The van der Waals surface area contributed by atoms with E-state index >= 15 is 0 Å². The zero-order valence-corrected chi connectivity index (χ0v) is 11.2. The van der Waals surface area contributed by atoms with Crippen LogP contribution in [0.1, 0.15) is 32.6 Å². The van der Waals surface area contributed by atoms with Crippen LogP contribution in [-0.4, -0.2) is 46.6 Å². The number of rotatable bonds is 2. The molecule has 1 spiro atoms. The summed E-state index contributed by atoms with van der Waals surface area (Å²) in [5, 5.41) is 0. The van der Waals surface area contributed by atoms with Crippen molar-refractivity contribution in [3.05, 3.63) is 18.5 Å². The molecule has 0 unspecified atom stereocenters. The Labute approximate surface area is 109 Å². The molecule has 0 aromatic carbocycles. The molecule has 0 saturated carbocycles. The summed E-state index contributed by atoms with van der Waals surface area (Å²) in [4.78, 5) is 13.8. The molecule has 0 radical (unpaired) electrons. The summed E-state index contributed by atoms with van der Waals surface area (Å²) in [7, 11) is 0. The van der Waals surface area contributed by atoms with E-state index in [1.54, 1.807) is 0 Å². The first kappa shape index (κ1) is 11.9. The van der Waals surface area contributed by atoms with Crippen molar-refractivity contribution in [2.24, 2.45) is 0 Å². The largest absolute Gasteiger partial charge is 0.339 e. The predicted octanol–water partition coefficient (Wildman–Crippen LogP) is 1.93. The predicted molar refractivity (Wildman–Crippen MR) is 72.7 cm³/mol. The van der Waals surface area contributed by atoms with E-state index in [4.69, 9.17) is 0 Å². The Balaban J connectivity index is 1.80. The van der Waals surface area contributed by atoms with E-state index < -0.39 is 0 Å². The van der Waals surface area contributed by atoms with Gasteiger partial charge in [0.2, 0.25) is 5.95 Å². The fraction of sp³-hybridized carbons (Fsp3) is 0.714. The fourth-order valence-corrected chi connectivity index (χ4v) is 3.69. The van der Waals surface area contributed by atoms with Crippen molar-refractivity contribution in [2.45, 2.75) is 38.1 Å². The van der Waals surface area contributed by atoms with Crippen LogP contribution in [0.25, 0.3) is 0 Å². The summed E-state index contributed by atoms with van der Waals surface area (Å²) in [5.74, 6) is 0.902. The minimum absolute atomic E-state index is 0.395. The minimum Gasteiger partial charge on any atom is -0.339 e. The van der Waals surface area contributed by atoms with Crippen molar-refractivity contribution < 1.29 is 0 Å². The van der Waals surface area contributed by atoms with Crippen molar-refractivity contribution >= 4 is 5.95 Å². The van der Waals surface area contributed by atoms with Gasteiger partial charge in [-0.3, -0.25) is 4.90 Å². The number of nitrogens with zero attached hydrogens (tertiary/aromatic N) is 4. The maximum Gasteiger partial charge on any atom is 0.225 e. The van der Waals surface area contributed by atoms with E-state index in [0.717, 1.165) is 19.0 Å². The molecule has 1 aromatic heterocycles. The molecular weight excluding hydrogens is 224 g/mol. The summed E-state index contributed by atoms with van der Waals surface area (Å²) in [6.45, 7) is 6.92. The third kappa shape index (κ3) is 1.99. The first-order valence-electron chi connectivity index (χ1n) is 7.11. The maximum absolute atomic E-state index is 4.40. The highest BCUT2D eigenvalue weighted by molar-refractivity contribution is 5.31. The number of piperidine rings is 1. The van der Waals surface area contributed by atoms with Gasteiger partial charge in [-0.15, -0.1) is 0 Å². The molecule has 18 heavy (non-hydrogen) atoms. The smallest absolute Gasteiger partial charge is 0.225 e. The van der Waals surface area contributed by atoms with E-state index in [-0.39, 0.29) is 0 Å². The molecule has 2 aliphatic heterocycles. The number of hydrogen-bond donors (Lipinski definition) is 0. The van der Waals surface area contributed by atoms with E-state index in [2.05, 4.69) is 26.7 Å². The maximum atomic E-state index is 4.40. The summed E-state index contributed by atoms with van der Waals surface area (Å²) < 4.78 is 0. The van der Waals surface area contributed by atoms with Crippen LogP contribution in [0.2, 0.25) is 0 Å². The standard InChI is InChI=1S/C14H22N4/c1-2-18-11-4-7-14(18)6-3-10-17(12-14)13-15-8-5-9-16-13/h5,8-9H,2-4,6-7,10-12H2,1H3/t14-/m1/s1. The molecule has 1 atom stereocenters. The number of aromatic nitrogens is 2. The van der Waals surface area contributed by atoms with Gasteiger partial charge in [-0.05, 0) is 44.8 Å². The summed E-state index contributed by atoms with van der Waals surface area (Å²) in [5.41, 5.74) is 0.395. The SMILES string of the molecule is CCN1CCC[C@@]12CCCN(c1ncccn1)C2. The lowest BCUT2D eigenvalue weighted by molar-refractivity contribution is 0.122. The number of likely N-dealkylation sites (tertiary alicyclic amines) is 1. The van der Waals surface area contributed by atoms with Gasteiger partial charge in [0, 0.05) is 31.0 Å². The van der Waals surface area contributed by atoms with Gasteiger partial charge in [-0.25, -0.2) is 9.97 Å². The first-order chi connectivity index (χ1) is 8.84. The van der Waals surface area contributed by atoms with Crippen LogP contribution < -0.4 is 4.90 Å². The average molecular weight is 246 g/mol. The molecule has 1 aromatic rings. The van der Waals surface area contributed by atoms with Gasteiger partial charge in [0.25, 0.3) is 0 Å². The van der Waals surface area contributed by atoms with Crippen molar-refractivity contribution in [1.29, 1.82) is 0 Å². The van der Waals surface area contributed by atoms with Crippen LogP contribution in [0.5, 0.6) is 0 Å². The summed E-state index contributed by atoms with van der Waals surface area (Å²) >= 11 is 0. The molecule has 0 N–H and O–H groups in total. The zero-order chi connectivity index (χ0) is 12.4. The highest BCUT2D eigenvalue weighted by Crippen LogP contribution is 2.37. The molecule has 0 amide bonds. The van der Waals surface area contributed by atoms with Gasteiger partial charge in [-0.2, -0.15) is 0 Å². The Morgan fingerprint density at radius 1 is 1.17 bits per heavy atom. The highest BCUT2D eigenvalue weighted by atomic mass is 15.3. The molecule has 2 fully saturated rings. The van der Waals surface area contributed by atoms with Crippen molar-refractivity contribution in [3.63, 3.8) is 0 Å². The molecule has 2 aliphatic rings. The van der Waals surface area contributed by atoms with Gasteiger partial charge in [0.15, 0.2) is 0 Å². The molecular formula is C14H22N4. The Morgan fingerprint density at radius 3 is 2.61 bits per heavy atom. The molecule has 3 heterocycles. The van der Waals surface area contributed by atoms with Gasteiger partial charge in [0.1, 0.15) is 0 Å². The van der Waals surface area contributed by atoms with Crippen molar-refractivity contribution in [3.8, 4) is 0 Å². The lowest BCUT2D eigenvalue weighted by Crippen LogP contribution is -2.56. The normalized spacial score (nSPS) is 29.1. The van der Waals surface area contributed by atoms with E-state index in [1.165, 1.54) is 38.8 Å². The Hall–Kier alpha value is -1.16. The lowest BCUT2D eigenvalue weighted by Gasteiger charge is -2.45. The molecule has 0 bridgehead atoms. The lowest BCUT2D eigenvalue weighted by atomic mass is 9.86. The van der Waals surface area contributed by atoms with Crippen molar-refractivity contribution in [1.82, 2.24) is 14.9 Å². The second kappa shape index (κ2) is 4.84. The monoisotopic (exact) mass is 246 g/mol. The van der Waals surface area contributed by atoms with Crippen LogP contribution in [0.4, 0.5) is 5.95 Å². The van der Waals surface area contributed by atoms with Gasteiger partial charge < -0.3 is 4.90 Å². The van der Waals surface area contributed by atoms with E-state index in [1.807, 2.05) is 18.5 Å². The third-order valence-electron chi connectivity index (χ3n) is 4.51. The molecule has 2 saturated heterocycles. The van der Waals surface area contributed by atoms with Gasteiger partial charge >= 0.3 is 0 Å². The third-order valence-corrected chi connectivity index (χ3v) is 4.51. The summed E-state index contributed by atoms with van der Waals surface area (Å²) in [6.07, 6.45) is 8.96. The van der Waals surface area contributed by atoms with E-state index in [0.29, 0.717) is 5.54 Å². The molecule has 4 heteroatoms. The second-order valence-corrected chi connectivity index (χ2v) is 5.48. The van der Waals surface area contributed by atoms with Gasteiger partial charge in [-0.1, -0.05) is 6.92 Å². The van der Waals surface area contributed by atoms with E-state index in [9.17, 15) is 0 Å². The topological polar surface area (TPSA) is 32.3 Å². The van der Waals surface area contributed by atoms with Gasteiger partial charge in [0.05, 0.1) is 0 Å². The average Bonchev–Trinajstić information content (AvgIpc) is 2.82. The Bertz CT molecular complexity index is 394. The summed E-state index contributed by atoms with van der Waals surface area (Å²) in [6, 6.07) is 1.89. The second-order valence-electron chi connectivity index (χ2n) is 5.48. The zero-order valence-electron chi connectivity index (χ0n) is 11.2. The fourth-order valence-electron chi connectivity index (χ4n) is 3.69. The number of hydrogen-bond acceptors (Lipinski definition) is 4. The quantitative estimate of drug-likeness (QED) is 0.798. The minimum atomic E-state index is 0.395. The Kier molecular flexibility index (Phi) is 3.20. The number of likely N-dealkylation sites (N-methyl/N-ethyl adjacent to an activating group) is 1. The number of anilines is 1. The molecule has 4 nitrogen and oxygen atoms in total. The van der Waals surface area contributed by atoms with Crippen LogP contribution in [0.3, 0.4) is 0 Å². The molecule has 0 aliphatic carbocycles. The van der Waals surface area contributed by atoms with Crippen LogP contribution >= 0.6 is 0 Å². The van der Waals surface area contributed by atoms with Crippen LogP contribution in [0, 0.1) is 0 Å². The molecule has 3 rings (SSSR count). The highest BCUT2D eigenvalue weighted by Gasteiger charge is 2.43. The van der Waals surface area contributed by atoms with Crippen LogP contribution in [0.15, 0.2) is 18.5 Å². The van der Waals surface area contributed by atoms with Crippen molar-refractivity contribution in [2.75, 3.05) is 31.1 Å². The Morgan fingerprint density at radius 2 is 1.89 bits per heavy atom. The first-order valence-corrected chi connectivity index (χ1v) is 7.11. The van der Waals surface area contributed by atoms with Crippen LogP contribution in [-0.2, 0) is 0 Å². The molecule has 98 valence electrons.